The first-order valence-electron chi connectivity index (χ1n) is 6.93. The molecule has 2 aliphatic rings. The number of aromatic amines is 1. The van der Waals surface area contributed by atoms with Crippen molar-refractivity contribution in [2.24, 2.45) is 17.8 Å². The first-order chi connectivity index (χ1) is 9.65. The first kappa shape index (κ1) is 11.6. The Labute approximate surface area is 115 Å². The second kappa shape index (κ2) is 3.91. The summed E-state index contributed by atoms with van der Waals surface area (Å²) in [6.07, 6.45) is 1.52. The molecule has 20 heavy (non-hydrogen) atoms. The van der Waals surface area contributed by atoms with Crippen molar-refractivity contribution in [2.45, 2.75) is 19.8 Å². The molecule has 2 fully saturated rings. The molecule has 5 heteroatoms. The van der Waals surface area contributed by atoms with Gasteiger partial charge in [-0.25, -0.2) is 0 Å². The van der Waals surface area contributed by atoms with Crippen LogP contribution in [0.5, 0.6) is 0 Å². The van der Waals surface area contributed by atoms with Gasteiger partial charge in [-0.2, -0.15) is 5.10 Å². The number of benzene rings is 1. The number of ketones is 1. The van der Waals surface area contributed by atoms with Gasteiger partial charge in [0, 0.05) is 29.1 Å². The number of carbonyl (C=O) groups is 2. The zero-order valence-electron chi connectivity index (χ0n) is 11.1. The van der Waals surface area contributed by atoms with Gasteiger partial charge in [-0.15, -0.1) is 0 Å². The number of rotatable bonds is 2. The Balaban J connectivity index is 1.53. The highest BCUT2D eigenvalue weighted by molar-refractivity contribution is 6.02. The van der Waals surface area contributed by atoms with Crippen molar-refractivity contribution in [1.29, 1.82) is 0 Å². The van der Waals surface area contributed by atoms with Gasteiger partial charge in [0.2, 0.25) is 5.91 Å². The third kappa shape index (κ3) is 1.59. The number of nitrogens with zero attached hydrogens (tertiary/aromatic N) is 1. The smallest absolute Gasteiger partial charge is 0.228 e. The average molecular weight is 269 g/mol. The van der Waals surface area contributed by atoms with Crippen LogP contribution in [0.2, 0.25) is 0 Å². The van der Waals surface area contributed by atoms with Gasteiger partial charge in [-0.1, -0.05) is 0 Å². The molecule has 4 rings (SSSR count). The number of Topliss-reactive ketones (excluding diaryl/α,β-unsaturated/α-hetero) is 1. The number of H-pyrrole nitrogens is 1. The Bertz CT molecular complexity index is 734. The van der Waals surface area contributed by atoms with Crippen molar-refractivity contribution in [3.63, 3.8) is 0 Å². The number of carbonyl (C=O) groups excluding carboxylic acids is 2. The predicted molar refractivity (Wildman–Crippen MR) is 74.2 cm³/mol. The molecular weight excluding hydrogens is 254 g/mol. The number of aryl methyl sites for hydroxylation is 1. The molecule has 0 aliphatic heterocycles. The minimum Gasteiger partial charge on any atom is -0.326 e. The molecule has 102 valence electrons. The van der Waals surface area contributed by atoms with Gasteiger partial charge in [-0.3, -0.25) is 14.7 Å². The van der Waals surface area contributed by atoms with E-state index in [0.717, 1.165) is 28.7 Å². The van der Waals surface area contributed by atoms with Crippen LogP contribution in [-0.2, 0) is 9.59 Å². The summed E-state index contributed by atoms with van der Waals surface area (Å²) in [5, 5.41) is 11.1. The third-order valence-electron chi connectivity index (χ3n) is 4.58. The lowest BCUT2D eigenvalue weighted by Crippen LogP contribution is -2.18. The molecule has 0 saturated heterocycles. The summed E-state index contributed by atoms with van der Waals surface area (Å²) in [5.41, 5.74) is 2.60. The molecule has 1 amide bonds. The maximum absolute atomic E-state index is 12.2. The van der Waals surface area contributed by atoms with Crippen molar-refractivity contribution >= 4 is 28.3 Å². The van der Waals surface area contributed by atoms with Crippen LogP contribution in [0.4, 0.5) is 5.69 Å². The van der Waals surface area contributed by atoms with E-state index in [1.54, 1.807) is 0 Å². The maximum Gasteiger partial charge on any atom is 0.228 e. The van der Waals surface area contributed by atoms with Gasteiger partial charge >= 0.3 is 0 Å². The van der Waals surface area contributed by atoms with Crippen LogP contribution in [0, 0.1) is 24.7 Å². The van der Waals surface area contributed by atoms with Crippen LogP contribution in [0.25, 0.3) is 10.9 Å². The van der Waals surface area contributed by atoms with Gasteiger partial charge in [0.15, 0.2) is 0 Å². The number of amides is 1. The Hall–Kier alpha value is -2.17. The molecule has 2 saturated carbocycles. The summed E-state index contributed by atoms with van der Waals surface area (Å²) in [4.78, 5) is 23.8. The predicted octanol–water partition coefficient (Wildman–Crippen LogP) is 2.03. The quantitative estimate of drug-likeness (QED) is 0.876. The van der Waals surface area contributed by atoms with E-state index in [-0.39, 0.29) is 23.5 Å². The van der Waals surface area contributed by atoms with E-state index in [1.807, 2.05) is 25.1 Å². The zero-order valence-corrected chi connectivity index (χ0v) is 11.1. The minimum absolute atomic E-state index is 0.00800. The Morgan fingerprint density at radius 1 is 1.45 bits per heavy atom. The van der Waals surface area contributed by atoms with Crippen molar-refractivity contribution in [1.82, 2.24) is 10.2 Å². The molecule has 0 radical (unpaired) electrons. The molecule has 0 spiro atoms. The summed E-state index contributed by atoms with van der Waals surface area (Å²) in [6.45, 7) is 1.96. The van der Waals surface area contributed by atoms with E-state index in [2.05, 4.69) is 15.5 Å². The lowest BCUT2D eigenvalue weighted by molar-refractivity contribution is -0.123. The van der Waals surface area contributed by atoms with Gasteiger partial charge < -0.3 is 5.32 Å². The summed E-state index contributed by atoms with van der Waals surface area (Å²) >= 11 is 0. The fraction of sp³-hybridized carbons (Fsp3) is 0.400. The lowest BCUT2D eigenvalue weighted by atomic mass is 10.1. The first-order valence-corrected chi connectivity index (χ1v) is 6.93. The van der Waals surface area contributed by atoms with Gasteiger partial charge in [0.1, 0.15) is 5.78 Å². The van der Waals surface area contributed by atoms with Crippen LogP contribution in [-0.4, -0.2) is 21.9 Å². The van der Waals surface area contributed by atoms with Crippen LogP contribution < -0.4 is 5.32 Å². The number of hydrogen-bond donors (Lipinski definition) is 2. The fourth-order valence-corrected chi connectivity index (χ4v) is 3.45. The Morgan fingerprint density at radius 2 is 2.30 bits per heavy atom. The molecule has 1 heterocycles. The highest BCUT2D eigenvalue weighted by Crippen LogP contribution is 2.55. The second-order valence-electron chi connectivity index (χ2n) is 5.79. The highest BCUT2D eigenvalue weighted by atomic mass is 16.2. The van der Waals surface area contributed by atoms with Gasteiger partial charge in [0.25, 0.3) is 0 Å². The monoisotopic (exact) mass is 269 g/mol. The van der Waals surface area contributed by atoms with Crippen LogP contribution >= 0.6 is 0 Å². The van der Waals surface area contributed by atoms with E-state index in [4.69, 9.17) is 0 Å². The SMILES string of the molecule is Cc1[nH]nc2cc(NC(=O)C3C4CCC(=O)C43)ccc12. The topological polar surface area (TPSA) is 74.8 Å². The average Bonchev–Trinajstić information content (AvgIpc) is 2.89. The zero-order chi connectivity index (χ0) is 13.9. The molecular formula is C15H15N3O2. The molecule has 3 unspecified atom stereocenters. The minimum atomic E-state index is -0.104. The fourth-order valence-electron chi connectivity index (χ4n) is 3.45. The van der Waals surface area contributed by atoms with E-state index in [9.17, 15) is 9.59 Å². The summed E-state index contributed by atoms with van der Waals surface area (Å²) in [5.74, 6) is 0.409. The van der Waals surface area contributed by atoms with Crippen molar-refractivity contribution < 1.29 is 9.59 Å². The number of aromatic nitrogens is 2. The largest absolute Gasteiger partial charge is 0.326 e. The number of fused-ring (bicyclic) bond motifs is 2. The molecule has 2 aromatic rings. The molecule has 3 atom stereocenters. The number of hydrogen-bond acceptors (Lipinski definition) is 3. The van der Waals surface area contributed by atoms with Crippen molar-refractivity contribution in [3.8, 4) is 0 Å². The van der Waals surface area contributed by atoms with Crippen molar-refractivity contribution in [3.05, 3.63) is 23.9 Å². The van der Waals surface area contributed by atoms with E-state index < -0.39 is 0 Å². The standard InChI is InChI=1S/C15H15N3O2/c1-7-9-3-2-8(6-11(9)18-17-7)16-15(20)14-10-4-5-12(19)13(10)14/h2-3,6,10,13-14H,4-5H2,1H3,(H,16,20)(H,17,18). The van der Waals surface area contributed by atoms with Crippen LogP contribution in [0.15, 0.2) is 18.2 Å². The number of anilines is 1. The van der Waals surface area contributed by atoms with Crippen LogP contribution in [0.1, 0.15) is 18.5 Å². The Morgan fingerprint density at radius 3 is 3.05 bits per heavy atom. The second-order valence-corrected chi connectivity index (χ2v) is 5.79. The van der Waals surface area contributed by atoms with Crippen molar-refractivity contribution in [2.75, 3.05) is 5.32 Å². The molecule has 0 bridgehead atoms. The third-order valence-corrected chi connectivity index (χ3v) is 4.58. The summed E-state index contributed by atoms with van der Waals surface area (Å²) in [6, 6.07) is 5.68. The normalized spacial score (nSPS) is 27.6. The molecule has 2 aliphatic carbocycles. The lowest BCUT2D eigenvalue weighted by Gasteiger charge is -2.06. The highest BCUT2D eigenvalue weighted by Gasteiger charge is 2.61. The molecule has 1 aromatic heterocycles. The van der Waals surface area contributed by atoms with E-state index >= 15 is 0 Å². The van der Waals surface area contributed by atoms with Gasteiger partial charge in [0.05, 0.1) is 11.4 Å². The number of nitrogens with one attached hydrogen (secondary N) is 2. The summed E-state index contributed by atoms with van der Waals surface area (Å²) < 4.78 is 0. The summed E-state index contributed by atoms with van der Waals surface area (Å²) in [7, 11) is 0. The maximum atomic E-state index is 12.2. The van der Waals surface area contributed by atoms with Crippen LogP contribution in [0.3, 0.4) is 0 Å². The van der Waals surface area contributed by atoms with E-state index in [1.165, 1.54) is 0 Å². The molecule has 5 nitrogen and oxygen atoms in total. The molecule has 2 N–H and O–H groups in total. The van der Waals surface area contributed by atoms with Gasteiger partial charge in [-0.05, 0) is 37.5 Å². The Kier molecular flexibility index (Phi) is 2.28. The van der Waals surface area contributed by atoms with E-state index in [0.29, 0.717) is 12.3 Å². The molecule has 1 aromatic carbocycles.